The number of anilines is 1. The summed E-state index contributed by atoms with van der Waals surface area (Å²) in [5.74, 6) is 1.37. The molecule has 0 aliphatic heterocycles. The Morgan fingerprint density at radius 1 is 0.853 bits per heavy atom. The fraction of sp³-hybridized carbons (Fsp3) is 0.143. The van der Waals surface area contributed by atoms with Crippen LogP contribution in [0.2, 0.25) is 0 Å². The van der Waals surface area contributed by atoms with Crippen LogP contribution in [0.15, 0.2) is 91.4 Å². The molecule has 0 amide bonds. The van der Waals surface area contributed by atoms with E-state index in [0.29, 0.717) is 12.4 Å². The summed E-state index contributed by atoms with van der Waals surface area (Å²) in [5, 5.41) is 4.41. The van der Waals surface area contributed by atoms with E-state index in [1.54, 1.807) is 12.4 Å². The molecule has 34 heavy (non-hydrogen) atoms. The van der Waals surface area contributed by atoms with Gasteiger partial charge < -0.3 is 11.1 Å². The van der Waals surface area contributed by atoms with Crippen LogP contribution >= 0.6 is 0 Å². The van der Waals surface area contributed by atoms with Crippen LogP contribution in [0.3, 0.4) is 0 Å². The fourth-order valence-electron chi connectivity index (χ4n) is 4.07. The summed E-state index contributed by atoms with van der Waals surface area (Å²) in [4.78, 5) is 18.7. The molecule has 0 fully saturated rings. The summed E-state index contributed by atoms with van der Waals surface area (Å²) in [5.41, 5.74) is 12.4. The van der Waals surface area contributed by atoms with Crippen molar-refractivity contribution in [1.29, 1.82) is 0 Å². The van der Waals surface area contributed by atoms with Crippen molar-refractivity contribution in [1.82, 2.24) is 19.9 Å². The van der Waals surface area contributed by atoms with Crippen molar-refractivity contribution in [3.63, 3.8) is 0 Å². The molecule has 6 heteroatoms. The Hall–Kier alpha value is -4.16. The highest BCUT2D eigenvalue weighted by molar-refractivity contribution is 5.98. The molecule has 0 saturated heterocycles. The second kappa shape index (κ2) is 9.77. The van der Waals surface area contributed by atoms with E-state index in [1.165, 1.54) is 5.56 Å². The molecular formula is C28H26N6. The topological polar surface area (TPSA) is 89.6 Å². The quantitative estimate of drug-likeness (QED) is 0.364. The van der Waals surface area contributed by atoms with Crippen molar-refractivity contribution < 1.29 is 0 Å². The van der Waals surface area contributed by atoms with Gasteiger partial charge >= 0.3 is 0 Å². The van der Waals surface area contributed by atoms with Crippen LogP contribution < -0.4 is 11.1 Å². The summed E-state index contributed by atoms with van der Waals surface area (Å²) in [6.45, 7) is 2.67. The number of nitrogens with two attached hydrogens (primary N) is 1. The molecule has 0 saturated carbocycles. The molecule has 0 radical (unpaired) electrons. The molecular weight excluding hydrogens is 420 g/mol. The molecule has 3 heterocycles. The monoisotopic (exact) mass is 446 g/mol. The molecule has 0 spiro atoms. The Bertz CT molecular complexity index is 1400. The van der Waals surface area contributed by atoms with Gasteiger partial charge in [-0.15, -0.1) is 0 Å². The van der Waals surface area contributed by atoms with Gasteiger partial charge in [-0.3, -0.25) is 9.97 Å². The smallest absolute Gasteiger partial charge is 0.162 e. The number of rotatable bonds is 7. The maximum atomic E-state index is 6.46. The molecule has 0 bridgehead atoms. The van der Waals surface area contributed by atoms with Crippen LogP contribution in [0.4, 0.5) is 5.82 Å². The van der Waals surface area contributed by atoms with Gasteiger partial charge in [0.05, 0.1) is 5.69 Å². The van der Waals surface area contributed by atoms with Crippen molar-refractivity contribution in [2.45, 2.75) is 19.4 Å². The molecule has 2 aromatic carbocycles. The lowest BCUT2D eigenvalue weighted by Crippen LogP contribution is -2.31. The first-order valence-electron chi connectivity index (χ1n) is 11.4. The van der Waals surface area contributed by atoms with Gasteiger partial charge in [0.15, 0.2) is 5.82 Å². The summed E-state index contributed by atoms with van der Waals surface area (Å²) >= 11 is 0. The maximum absolute atomic E-state index is 6.46. The largest absolute Gasteiger partial charge is 0.368 e. The molecule has 6 nitrogen and oxygen atoms in total. The van der Waals surface area contributed by atoms with E-state index >= 15 is 0 Å². The zero-order chi connectivity index (χ0) is 23.3. The molecule has 0 aliphatic rings. The number of pyridine rings is 2. The van der Waals surface area contributed by atoms with Crippen LogP contribution in [-0.2, 0) is 6.42 Å². The van der Waals surface area contributed by atoms with Crippen molar-refractivity contribution in [3.05, 3.63) is 103 Å². The lowest BCUT2D eigenvalue weighted by atomic mass is 10.0. The first kappa shape index (κ1) is 21.7. The minimum Gasteiger partial charge on any atom is -0.368 e. The van der Waals surface area contributed by atoms with E-state index < -0.39 is 0 Å². The minimum atomic E-state index is -0.0607. The normalized spacial score (nSPS) is 11.9. The number of aryl methyl sites for hydroxylation is 1. The van der Waals surface area contributed by atoms with E-state index in [1.807, 2.05) is 54.7 Å². The van der Waals surface area contributed by atoms with Crippen molar-refractivity contribution in [2.75, 3.05) is 11.9 Å². The second-order valence-corrected chi connectivity index (χ2v) is 8.33. The average molecular weight is 447 g/mol. The van der Waals surface area contributed by atoms with Crippen LogP contribution in [0, 0.1) is 6.92 Å². The van der Waals surface area contributed by atoms with Gasteiger partial charge in [0.1, 0.15) is 11.3 Å². The van der Waals surface area contributed by atoms with Crippen LogP contribution in [-0.4, -0.2) is 32.5 Å². The third kappa shape index (κ3) is 4.63. The third-order valence-corrected chi connectivity index (χ3v) is 5.83. The Balaban J connectivity index is 1.56. The van der Waals surface area contributed by atoms with E-state index in [0.717, 1.165) is 45.5 Å². The Morgan fingerprint density at radius 3 is 2.41 bits per heavy atom. The van der Waals surface area contributed by atoms with E-state index in [9.17, 15) is 0 Å². The number of aromatic nitrogens is 4. The summed E-state index contributed by atoms with van der Waals surface area (Å²) < 4.78 is 0. The zero-order valence-electron chi connectivity index (χ0n) is 19.0. The summed E-state index contributed by atoms with van der Waals surface area (Å²) in [7, 11) is 0. The summed E-state index contributed by atoms with van der Waals surface area (Å²) in [6.07, 6.45) is 6.09. The second-order valence-electron chi connectivity index (χ2n) is 8.33. The minimum absolute atomic E-state index is 0.0607. The molecule has 3 N–H and O–H groups in total. The highest BCUT2D eigenvalue weighted by Crippen LogP contribution is 2.32. The molecule has 0 aliphatic carbocycles. The van der Waals surface area contributed by atoms with Gasteiger partial charge in [-0.25, -0.2) is 9.97 Å². The highest BCUT2D eigenvalue weighted by Gasteiger charge is 2.16. The first-order valence-corrected chi connectivity index (χ1v) is 11.4. The Morgan fingerprint density at radius 2 is 1.62 bits per heavy atom. The van der Waals surface area contributed by atoms with Gasteiger partial charge in [0.2, 0.25) is 0 Å². The van der Waals surface area contributed by atoms with Gasteiger partial charge in [-0.1, -0.05) is 54.6 Å². The number of benzene rings is 2. The Labute approximate surface area is 199 Å². The summed E-state index contributed by atoms with van der Waals surface area (Å²) in [6, 6.07) is 24.2. The van der Waals surface area contributed by atoms with Gasteiger partial charge in [0.25, 0.3) is 0 Å². The lowest BCUT2D eigenvalue weighted by Gasteiger charge is -2.16. The van der Waals surface area contributed by atoms with Crippen molar-refractivity contribution in [3.8, 4) is 22.6 Å². The SMILES string of the molecule is Cc1ccccc1-c1nccc2c(NC[C@H](N)Cc3ccccc3)nc(-c3ccncc3)nc12. The predicted molar refractivity (Wildman–Crippen MR) is 137 cm³/mol. The first-order chi connectivity index (χ1) is 16.7. The number of fused-ring (bicyclic) bond motifs is 1. The van der Waals surface area contributed by atoms with Crippen molar-refractivity contribution >= 4 is 16.7 Å². The van der Waals surface area contributed by atoms with Crippen molar-refractivity contribution in [2.24, 2.45) is 5.73 Å². The maximum Gasteiger partial charge on any atom is 0.162 e. The molecule has 1 atom stereocenters. The van der Waals surface area contributed by atoms with E-state index in [2.05, 4.69) is 41.5 Å². The number of nitrogens with one attached hydrogen (secondary N) is 1. The van der Waals surface area contributed by atoms with E-state index in [4.69, 9.17) is 20.7 Å². The molecule has 3 aromatic heterocycles. The molecule has 5 aromatic rings. The van der Waals surface area contributed by atoms with Crippen LogP contribution in [0.1, 0.15) is 11.1 Å². The predicted octanol–water partition coefficient (Wildman–Crippen LogP) is 5.04. The fourth-order valence-corrected chi connectivity index (χ4v) is 4.07. The number of hydrogen-bond acceptors (Lipinski definition) is 6. The molecule has 0 unspecified atom stereocenters. The highest BCUT2D eigenvalue weighted by atomic mass is 15.0. The van der Waals surface area contributed by atoms with Crippen LogP contribution in [0.25, 0.3) is 33.5 Å². The third-order valence-electron chi connectivity index (χ3n) is 5.83. The molecule has 168 valence electrons. The van der Waals surface area contributed by atoms with E-state index in [-0.39, 0.29) is 6.04 Å². The van der Waals surface area contributed by atoms with Gasteiger partial charge in [-0.2, -0.15) is 0 Å². The Kier molecular flexibility index (Phi) is 6.23. The number of hydrogen-bond donors (Lipinski definition) is 2. The van der Waals surface area contributed by atoms with Gasteiger partial charge in [-0.05, 0) is 42.7 Å². The standard InChI is InChI=1S/C28H26N6/c1-19-7-5-6-10-23(19)25-26-24(13-16-31-25)28(34-27(33-26)21-11-14-30-15-12-21)32-18-22(29)17-20-8-3-2-4-9-20/h2-16,22H,17-18,29H2,1H3,(H,32,33,34)/t22-/m1/s1. The number of nitrogens with zero attached hydrogens (tertiary/aromatic N) is 4. The lowest BCUT2D eigenvalue weighted by molar-refractivity contribution is 0.698. The average Bonchev–Trinajstić information content (AvgIpc) is 2.88. The zero-order valence-corrected chi connectivity index (χ0v) is 19.0. The van der Waals surface area contributed by atoms with Crippen LogP contribution in [0.5, 0.6) is 0 Å². The molecule has 5 rings (SSSR count). The van der Waals surface area contributed by atoms with Gasteiger partial charge in [0, 0.05) is 47.7 Å².